The summed E-state index contributed by atoms with van der Waals surface area (Å²) in [5.41, 5.74) is -0.175. The Balaban J connectivity index is 1.50. The lowest BCUT2D eigenvalue weighted by atomic mass is 9.92. The lowest BCUT2D eigenvalue weighted by molar-refractivity contribution is -0.131. The quantitative estimate of drug-likeness (QED) is 0.602. The van der Waals surface area contributed by atoms with E-state index in [2.05, 4.69) is 16.0 Å². The van der Waals surface area contributed by atoms with Gasteiger partial charge in [0.25, 0.3) is 11.8 Å². The fourth-order valence-corrected chi connectivity index (χ4v) is 4.54. The SMILES string of the molecule is COc1ccc2c(c1)C(=O)N(CC1(CC(=O)NC3CCCCC3)NC(=O)NC1=O)C2. The maximum Gasteiger partial charge on any atom is 0.322 e. The van der Waals surface area contributed by atoms with Crippen molar-refractivity contribution in [2.24, 2.45) is 0 Å². The minimum Gasteiger partial charge on any atom is -0.497 e. The number of rotatable bonds is 6. The fraction of sp³-hybridized carbons (Fsp3) is 0.524. The minimum absolute atomic E-state index is 0.0848. The molecule has 2 fully saturated rings. The normalized spacial score (nSPS) is 23.8. The number of methoxy groups -OCH3 is 1. The molecule has 1 atom stereocenters. The molecule has 4 rings (SSSR count). The van der Waals surface area contributed by atoms with Crippen LogP contribution in [0.15, 0.2) is 18.2 Å². The van der Waals surface area contributed by atoms with Gasteiger partial charge in [0, 0.05) is 18.2 Å². The first-order valence-electron chi connectivity index (χ1n) is 10.3. The number of ether oxygens (including phenoxy) is 1. The van der Waals surface area contributed by atoms with Gasteiger partial charge in [-0.1, -0.05) is 25.3 Å². The number of hydrogen-bond acceptors (Lipinski definition) is 5. The zero-order valence-electron chi connectivity index (χ0n) is 17.0. The summed E-state index contributed by atoms with van der Waals surface area (Å²) in [5, 5.41) is 7.81. The van der Waals surface area contributed by atoms with E-state index in [1.165, 1.54) is 12.0 Å². The molecule has 1 aromatic rings. The largest absolute Gasteiger partial charge is 0.497 e. The van der Waals surface area contributed by atoms with Crippen LogP contribution in [0.1, 0.15) is 54.4 Å². The molecule has 0 spiro atoms. The first-order valence-corrected chi connectivity index (χ1v) is 10.3. The number of benzene rings is 1. The van der Waals surface area contributed by atoms with E-state index in [1.807, 2.05) is 6.07 Å². The number of carbonyl (C=O) groups is 4. The molecule has 160 valence electrons. The van der Waals surface area contributed by atoms with E-state index < -0.39 is 17.5 Å². The maximum absolute atomic E-state index is 12.9. The van der Waals surface area contributed by atoms with Gasteiger partial charge >= 0.3 is 6.03 Å². The molecular weight excluding hydrogens is 388 g/mol. The number of nitrogens with one attached hydrogen (secondary N) is 3. The summed E-state index contributed by atoms with van der Waals surface area (Å²) in [6.45, 7) is 0.214. The summed E-state index contributed by atoms with van der Waals surface area (Å²) in [7, 11) is 1.53. The average Bonchev–Trinajstić information content (AvgIpc) is 3.17. The van der Waals surface area contributed by atoms with Gasteiger partial charge < -0.3 is 20.3 Å². The van der Waals surface area contributed by atoms with E-state index in [4.69, 9.17) is 4.74 Å². The third-order valence-electron chi connectivity index (χ3n) is 6.10. The number of fused-ring (bicyclic) bond motifs is 1. The zero-order chi connectivity index (χ0) is 21.3. The Hall–Kier alpha value is -3.10. The Morgan fingerprint density at radius 2 is 2.00 bits per heavy atom. The molecule has 1 saturated carbocycles. The molecule has 30 heavy (non-hydrogen) atoms. The molecule has 1 aliphatic carbocycles. The van der Waals surface area contributed by atoms with Crippen LogP contribution in [0.2, 0.25) is 0 Å². The summed E-state index contributed by atoms with van der Waals surface area (Å²) < 4.78 is 5.19. The number of urea groups is 1. The van der Waals surface area contributed by atoms with Gasteiger partial charge in [-0.3, -0.25) is 19.7 Å². The number of nitrogens with zero attached hydrogens (tertiary/aromatic N) is 1. The van der Waals surface area contributed by atoms with Crippen LogP contribution in [0.25, 0.3) is 0 Å². The molecule has 1 aromatic carbocycles. The highest BCUT2D eigenvalue weighted by Gasteiger charge is 2.50. The standard InChI is InChI=1S/C21H26N4O5/c1-30-15-8-7-13-11-25(18(27)16(13)9-15)12-21(19(28)23-20(29)24-21)10-17(26)22-14-5-3-2-4-6-14/h7-9,14H,2-6,10-12H2,1H3,(H,22,26)(H2,23,24,28,29). The molecule has 9 heteroatoms. The predicted octanol–water partition coefficient (Wildman–Crippen LogP) is 1.07. The summed E-state index contributed by atoms with van der Waals surface area (Å²) in [5.74, 6) is -0.583. The molecule has 2 heterocycles. The monoisotopic (exact) mass is 414 g/mol. The summed E-state index contributed by atoms with van der Waals surface area (Å²) in [4.78, 5) is 51.7. The van der Waals surface area contributed by atoms with Crippen molar-refractivity contribution in [1.29, 1.82) is 0 Å². The van der Waals surface area contributed by atoms with Crippen molar-refractivity contribution in [1.82, 2.24) is 20.9 Å². The van der Waals surface area contributed by atoms with E-state index in [0.717, 1.165) is 37.7 Å². The highest BCUT2D eigenvalue weighted by Crippen LogP contribution is 2.29. The first-order chi connectivity index (χ1) is 14.4. The third kappa shape index (κ3) is 3.83. The lowest BCUT2D eigenvalue weighted by Gasteiger charge is -2.31. The van der Waals surface area contributed by atoms with Crippen molar-refractivity contribution in [2.45, 2.75) is 56.7 Å². The number of imide groups is 1. The second-order valence-corrected chi connectivity index (χ2v) is 8.25. The van der Waals surface area contributed by atoms with Gasteiger partial charge in [-0.15, -0.1) is 0 Å². The van der Waals surface area contributed by atoms with Crippen molar-refractivity contribution < 1.29 is 23.9 Å². The Labute approximate surface area is 174 Å². The van der Waals surface area contributed by atoms with Crippen LogP contribution in [0, 0.1) is 0 Å². The zero-order valence-corrected chi connectivity index (χ0v) is 17.0. The van der Waals surface area contributed by atoms with Crippen LogP contribution in [-0.2, 0) is 16.1 Å². The van der Waals surface area contributed by atoms with Crippen LogP contribution in [0.4, 0.5) is 4.79 Å². The molecule has 3 N–H and O–H groups in total. The van der Waals surface area contributed by atoms with Gasteiger partial charge in [0.1, 0.15) is 11.3 Å². The Kier molecular flexibility index (Phi) is 5.36. The number of amides is 5. The summed E-state index contributed by atoms with van der Waals surface area (Å²) >= 11 is 0. The van der Waals surface area contributed by atoms with E-state index in [9.17, 15) is 19.2 Å². The van der Waals surface area contributed by atoms with E-state index in [-0.39, 0.29) is 30.8 Å². The predicted molar refractivity (Wildman–Crippen MR) is 107 cm³/mol. The molecular formula is C21H26N4O5. The maximum atomic E-state index is 12.9. The van der Waals surface area contributed by atoms with Gasteiger partial charge in [-0.05, 0) is 30.5 Å². The van der Waals surface area contributed by atoms with Crippen LogP contribution >= 0.6 is 0 Å². The van der Waals surface area contributed by atoms with Crippen LogP contribution in [-0.4, -0.2) is 53.9 Å². The smallest absolute Gasteiger partial charge is 0.322 e. The molecule has 0 radical (unpaired) electrons. The third-order valence-corrected chi connectivity index (χ3v) is 6.10. The van der Waals surface area contributed by atoms with Crippen LogP contribution in [0.3, 0.4) is 0 Å². The first kappa shape index (κ1) is 20.2. The average molecular weight is 414 g/mol. The van der Waals surface area contributed by atoms with Gasteiger partial charge in [-0.25, -0.2) is 4.79 Å². The molecule has 0 bridgehead atoms. The Morgan fingerprint density at radius 3 is 2.67 bits per heavy atom. The van der Waals surface area contributed by atoms with Crippen molar-refractivity contribution in [2.75, 3.05) is 13.7 Å². The van der Waals surface area contributed by atoms with E-state index >= 15 is 0 Å². The lowest BCUT2D eigenvalue weighted by Crippen LogP contribution is -2.58. The molecule has 0 aromatic heterocycles. The molecule has 2 aliphatic heterocycles. The van der Waals surface area contributed by atoms with Crippen molar-refractivity contribution >= 4 is 23.8 Å². The minimum atomic E-state index is -1.49. The number of hydrogen-bond donors (Lipinski definition) is 3. The van der Waals surface area contributed by atoms with Crippen LogP contribution < -0.4 is 20.7 Å². The Bertz CT molecular complexity index is 895. The van der Waals surface area contributed by atoms with E-state index in [1.54, 1.807) is 12.1 Å². The van der Waals surface area contributed by atoms with Gasteiger partial charge in [0.15, 0.2) is 0 Å². The van der Waals surface area contributed by atoms with Crippen molar-refractivity contribution in [3.63, 3.8) is 0 Å². The van der Waals surface area contributed by atoms with Gasteiger partial charge in [-0.2, -0.15) is 0 Å². The highest BCUT2D eigenvalue weighted by molar-refractivity contribution is 6.09. The van der Waals surface area contributed by atoms with Crippen LogP contribution in [0.5, 0.6) is 5.75 Å². The summed E-state index contributed by atoms with van der Waals surface area (Å²) in [6, 6.07) is 4.67. The van der Waals surface area contributed by atoms with E-state index in [0.29, 0.717) is 17.9 Å². The van der Waals surface area contributed by atoms with Gasteiger partial charge in [0.2, 0.25) is 5.91 Å². The fourth-order valence-electron chi connectivity index (χ4n) is 4.54. The molecule has 1 saturated heterocycles. The molecule has 1 unspecified atom stereocenters. The number of carbonyl (C=O) groups excluding carboxylic acids is 4. The van der Waals surface area contributed by atoms with Crippen molar-refractivity contribution in [3.05, 3.63) is 29.3 Å². The highest BCUT2D eigenvalue weighted by atomic mass is 16.5. The molecule has 3 aliphatic rings. The topological polar surface area (TPSA) is 117 Å². The molecule has 5 amide bonds. The summed E-state index contributed by atoms with van der Waals surface area (Å²) in [6.07, 6.45) is 4.91. The Morgan fingerprint density at radius 1 is 1.23 bits per heavy atom. The molecule has 9 nitrogen and oxygen atoms in total. The van der Waals surface area contributed by atoms with Crippen molar-refractivity contribution in [3.8, 4) is 5.75 Å². The second kappa shape index (κ2) is 7.97. The van der Waals surface area contributed by atoms with Gasteiger partial charge in [0.05, 0.1) is 20.1 Å². The second-order valence-electron chi connectivity index (χ2n) is 8.25.